The predicted octanol–water partition coefficient (Wildman–Crippen LogP) is 7.10. The van der Waals surface area contributed by atoms with E-state index < -0.39 is 8.32 Å². The molecule has 0 rings (SSSR count). The zero-order valence-electron chi connectivity index (χ0n) is 16.0. The van der Waals surface area contributed by atoms with Gasteiger partial charge in [-0.3, -0.25) is 0 Å². The highest BCUT2D eigenvalue weighted by Crippen LogP contribution is 2.55. The summed E-state index contributed by atoms with van der Waals surface area (Å²) < 4.78 is 6.81. The molecule has 0 aliphatic carbocycles. The van der Waals surface area contributed by atoms with E-state index in [1.54, 1.807) is 0 Å². The summed E-state index contributed by atoms with van der Waals surface area (Å²) in [5.41, 5.74) is 2.57. The highest BCUT2D eigenvalue weighted by Gasteiger charge is 2.55. The maximum atomic E-state index is 6.81. The fourth-order valence-electron chi connectivity index (χ4n) is 4.11. The second-order valence-corrected chi connectivity index (χ2v) is 12.9. The lowest BCUT2D eigenvalue weighted by Gasteiger charge is -2.51. The monoisotopic (exact) mass is 312 g/mol. The molecule has 0 fully saturated rings. The van der Waals surface area contributed by atoms with Crippen molar-refractivity contribution in [1.29, 1.82) is 0 Å². The Morgan fingerprint density at radius 2 is 1.48 bits per heavy atom. The molecule has 2 unspecified atom stereocenters. The van der Waals surface area contributed by atoms with Crippen LogP contribution in [0.15, 0.2) is 12.2 Å². The Kier molecular flexibility index (Phi) is 9.11. The van der Waals surface area contributed by atoms with Crippen molar-refractivity contribution in [3.8, 4) is 0 Å². The Bertz CT molecular complexity index is 297. The topological polar surface area (TPSA) is 9.23 Å². The quantitative estimate of drug-likeness (QED) is 0.292. The zero-order chi connectivity index (χ0) is 16.7. The molecule has 0 bridgehead atoms. The maximum Gasteiger partial charge on any atom is 0.204 e. The van der Waals surface area contributed by atoms with Crippen LogP contribution in [0.5, 0.6) is 0 Å². The van der Waals surface area contributed by atoms with E-state index in [-0.39, 0.29) is 0 Å². The molecular weight excluding hydrogens is 272 g/mol. The standard InChI is InChI=1S/C19H40OSi/c1-10-13-17(6)21(18(7)14-11-2,19(8,9)12-3)20-15-16(4)5/h17-18H,4,10-15H2,1-3,5-9H3. The van der Waals surface area contributed by atoms with Gasteiger partial charge < -0.3 is 4.43 Å². The summed E-state index contributed by atoms with van der Waals surface area (Å²) >= 11 is 0. The molecule has 2 heteroatoms. The molecule has 0 aliphatic rings. The molecule has 126 valence electrons. The fourth-order valence-corrected chi connectivity index (χ4v) is 11.2. The van der Waals surface area contributed by atoms with Crippen molar-refractivity contribution in [1.82, 2.24) is 0 Å². The Labute approximate surface area is 135 Å². The van der Waals surface area contributed by atoms with Gasteiger partial charge in [-0.05, 0) is 23.0 Å². The van der Waals surface area contributed by atoms with Crippen molar-refractivity contribution < 1.29 is 4.43 Å². The van der Waals surface area contributed by atoms with Gasteiger partial charge in [-0.1, -0.05) is 92.7 Å². The zero-order valence-corrected chi connectivity index (χ0v) is 17.0. The number of hydrogen-bond acceptors (Lipinski definition) is 1. The van der Waals surface area contributed by atoms with Crippen LogP contribution in [0.2, 0.25) is 16.1 Å². The van der Waals surface area contributed by atoms with Gasteiger partial charge in [-0.15, -0.1) is 0 Å². The van der Waals surface area contributed by atoms with E-state index in [1.807, 2.05) is 0 Å². The van der Waals surface area contributed by atoms with Crippen LogP contribution in [0.1, 0.15) is 87.5 Å². The number of rotatable bonds is 11. The van der Waals surface area contributed by atoms with Crippen LogP contribution in [0, 0.1) is 0 Å². The summed E-state index contributed by atoms with van der Waals surface area (Å²) in [4.78, 5) is 0. The van der Waals surface area contributed by atoms with Crippen molar-refractivity contribution in [3.63, 3.8) is 0 Å². The molecule has 0 aromatic carbocycles. The second-order valence-electron chi connectivity index (χ2n) is 7.66. The highest BCUT2D eigenvalue weighted by molar-refractivity contribution is 6.79. The summed E-state index contributed by atoms with van der Waals surface area (Å²) in [6.45, 7) is 23.7. The molecule has 0 saturated heterocycles. The first kappa shape index (κ1) is 20.9. The first-order chi connectivity index (χ1) is 9.69. The highest BCUT2D eigenvalue weighted by atomic mass is 28.4. The minimum Gasteiger partial charge on any atom is -0.412 e. The summed E-state index contributed by atoms with van der Waals surface area (Å²) in [6, 6.07) is 0. The van der Waals surface area contributed by atoms with E-state index in [1.165, 1.54) is 32.1 Å². The van der Waals surface area contributed by atoms with Crippen LogP contribution in [0.25, 0.3) is 0 Å². The molecule has 0 radical (unpaired) electrons. The van der Waals surface area contributed by atoms with E-state index in [0.29, 0.717) is 16.1 Å². The lowest BCUT2D eigenvalue weighted by atomic mass is 10.1. The van der Waals surface area contributed by atoms with E-state index in [2.05, 4.69) is 62.0 Å². The third kappa shape index (κ3) is 4.96. The third-order valence-corrected chi connectivity index (χ3v) is 12.0. The fraction of sp³-hybridized carbons (Fsp3) is 0.895. The van der Waals surface area contributed by atoms with Gasteiger partial charge in [-0.2, -0.15) is 0 Å². The van der Waals surface area contributed by atoms with Crippen LogP contribution >= 0.6 is 0 Å². The van der Waals surface area contributed by atoms with Gasteiger partial charge in [0.1, 0.15) is 0 Å². The van der Waals surface area contributed by atoms with Crippen LogP contribution < -0.4 is 0 Å². The van der Waals surface area contributed by atoms with E-state index in [0.717, 1.165) is 12.2 Å². The summed E-state index contributed by atoms with van der Waals surface area (Å²) in [7, 11) is -1.90. The van der Waals surface area contributed by atoms with E-state index in [9.17, 15) is 0 Å². The lowest BCUT2D eigenvalue weighted by Crippen LogP contribution is -2.55. The molecule has 0 saturated carbocycles. The normalized spacial score (nSPS) is 18.1. The van der Waals surface area contributed by atoms with Gasteiger partial charge in [0.25, 0.3) is 0 Å². The third-order valence-electron chi connectivity index (χ3n) is 5.41. The summed E-state index contributed by atoms with van der Waals surface area (Å²) in [5, 5.41) is 0.311. The van der Waals surface area contributed by atoms with Gasteiger partial charge in [0, 0.05) is 0 Å². The van der Waals surface area contributed by atoms with Gasteiger partial charge in [0.05, 0.1) is 6.61 Å². The van der Waals surface area contributed by atoms with Gasteiger partial charge in [0.15, 0.2) is 0 Å². The SMILES string of the molecule is C=C(C)CO[Si](C(C)CCC)(C(C)CCC)C(C)(C)CC. The molecule has 0 spiro atoms. The molecule has 0 aromatic heterocycles. The van der Waals surface area contributed by atoms with Crippen molar-refractivity contribution in [2.75, 3.05) is 6.61 Å². The van der Waals surface area contributed by atoms with Crippen molar-refractivity contribution in [3.05, 3.63) is 12.2 Å². The Balaban J connectivity index is 5.74. The lowest BCUT2D eigenvalue weighted by molar-refractivity contribution is 0.274. The second kappa shape index (κ2) is 9.15. The first-order valence-electron chi connectivity index (χ1n) is 8.97. The molecule has 0 aromatic rings. The van der Waals surface area contributed by atoms with E-state index >= 15 is 0 Å². The molecule has 0 amide bonds. The number of hydrogen-bond donors (Lipinski definition) is 0. The van der Waals surface area contributed by atoms with Gasteiger partial charge >= 0.3 is 0 Å². The Morgan fingerprint density at radius 3 is 1.76 bits per heavy atom. The molecule has 2 atom stereocenters. The minimum absolute atomic E-state index is 0.311. The van der Waals surface area contributed by atoms with E-state index in [4.69, 9.17) is 4.43 Å². The van der Waals surface area contributed by atoms with Crippen molar-refractivity contribution >= 4 is 8.32 Å². The average Bonchev–Trinajstić information content (AvgIpc) is 2.39. The summed E-state index contributed by atoms with van der Waals surface area (Å²) in [6.07, 6.45) is 6.30. The Morgan fingerprint density at radius 1 is 1.05 bits per heavy atom. The summed E-state index contributed by atoms with van der Waals surface area (Å²) in [5.74, 6) is 0. The largest absolute Gasteiger partial charge is 0.412 e. The molecule has 1 nitrogen and oxygen atoms in total. The smallest absolute Gasteiger partial charge is 0.204 e. The Hall–Kier alpha value is -0.0831. The van der Waals surface area contributed by atoms with Crippen LogP contribution in [-0.2, 0) is 4.43 Å². The van der Waals surface area contributed by atoms with Crippen molar-refractivity contribution in [2.45, 2.75) is 104 Å². The molecule has 0 heterocycles. The maximum absolute atomic E-state index is 6.81. The average molecular weight is 313 g/mol. The van der Waals surface area contributed by atoms with Crippen LogP contribution in [-0.4, -0.2) is 14.9 Å². The van der Waals surface area contributed by atoms with Crippen LogP contribution in [0.3, 0.4) is 0 Å². The van der Waals surface area contributed by atoms with Crippen LogP contribution in [0.4, 0.5) is 0 Å². The van der Waals surface area contributed by atoms with Gasteiger partial charge in [0.2, 0.25) is 8.32 Å². The van der Waals surface area contributed by atoms with Crippen molar-refractivity contribution in [2.24, 2.45) is 0 Å². The molecule has 0 aliphatic heterocycles. The van der Waals surface area contributed by atoms with Gasteiger partial charge in [-0.25, -0.2) is 0 Å². The predicted molar refractivity (Wildman–Crippen MR) is 99.5 cm³/mol. The first-order valence-corrected chi connectivity index (χ1v) is 11.0. The molecule has 21 heavy (non-hydrogen) atoms. The molecular formula is C19H40OSi. The molecule has 0 N–H and O–H groups in total. The minimum atomic E-state index is -1.90.